The topological polar surface area (TPSA) is 24.4 Å². The summed E-state index contributed by atoms with van der Waals surface area (Å²) >= 11 is 3.64. The van der Waals surface area contributed by atoms with Crippen molar-refractivity contribution < 1.29 is 0 Å². The lowest BCUT2D eigenvalue weighted by Gasteiger charge is -2.12. The molecule has 0 spiro atoms. The van der Waals surface area contributed by atoms with Gasteiger partial charge in [0.1, 0.15) is 0 Å². The quantitative estimate of drug-likeness (QED) is 0.838. The number of nitrogens with one attached hydrogen (secondary N) is 1. The summed E-state index contributed by atoms with van der Waals surface area (Å²) in [7, 11) is 0. The molecule has 0 radical (unpaired) electrons. The fraction of sp³-hybridized carbons (Fsp3) is 0.500. The van der Waals surface area contributed by atoms with Gasteiger partial charge in [-0.1, -0.05) is 11.8 Å². The predicted octanol–water partition coefficient (Wildman–Crippen LogP) is 2.64. The molecule has 1 aromatic heterocycles. The fourth-order valence-electron chi connectivity index (χ4n) is 1.33. The maximum Gasteiger partial charge on any atom is 0.156 e. The molecule has 0 bridgehead atoms. The molecule has 0 saturated carbocycles. The van der Waals surface area contributed by atoms with Crippen molar-refractivity contribution in [2.24, 2.45) is 4.99 Å². The molecule has 2 nitrogen and oxygen atoms in total. The van der Waals surface area contributed by atoms with Crippen LogP contribution < -0.4 is 5.32 Å². The highest BCUT2D eigenvalue weighted by Crippen LogP contribution is 2.14. The van der Waals surface area contributed by atoms with E-state index in [1.165, 1.54) is 22.6 Å². The Labute approximate surface area is 92.8 Å². The van der Waals surface area contributed by atoms with Crippen LogP contribution in [0.3, 0.4) is 0 Å². The van der Waals surface area contributed by atoms with E-state index >= 15 is 0 Å². The Balaban J connectivity index is 1.84. The van der Waals surface area contributed by atoms with Crippen LogP contribution in [0.4, 0.5) is 0 Å². The van der Waals surface area contributed by atoms with Crippen LogP contribution in [0.1, 0.15) is 16.9 Å². The Kier molecular flexibility index (Phi) is 3.48. The minimum Gasteiger partial charge on any atom is -0.361 e. The van der Waals surface area contributed by atoms with Gasteiger partial charge >= 0.3 is 0 Å². The second-order valence-corrected chi connectivity index (χ2v) is 5.51. The van der Waals surface area contributed by atoms with E-state index in [9.17, 15) is 0 Å². The van der Waals surface area contributed by atoms with E-state index in [-0.39, 0.29) is 0 Å². The first-order valence-corrected chi connectivity index (χ1v) is 6.66. The van der Waals surface area contributed by atoms with Crippen molar-refractivity contribution in [1.29, 1.82) is 0 Å². The molecule has 0 saturated heterocycles. The van der Waals surface area contributed by atoms with Gasteiger partial charge in [0.15, 0.2) is 5.17 Å². The highest BCUT2D eigenvalue weighted by Gasteiger charge is 2.05. The van der Waals surface area contributed by atoms with Gasteiger partial charge in [-0.15, -0.1) is 11.3 Å². The van der Waals surface area contributed by atoms with Crippen molar-refractivity contribution in [3.8, 4) is 0 Å². The third-order valence-electron chi connectivity index (χ3n) is 2.03. The smallest absolute Gasteiger partial charge is 0.156 e. The van der Waals surface area contributed by atoms with E-state index in [4.69, 9.17) is 0 Å². The third-order valence-corrected chi connectivity index (χ3v) is 3.98. The first kappa shape index (κ1) is 10.1. The lowest BCUT2D eigenvalue weighted by molar-refractivity contribution is 0.882. The van der Waals surface area contributed by atoms with Gasteiger partial charge < -0.3 is 5.32 Å². The number of aliphatic imine (C=N–C) groups is 1. The van der Waals surface area contributed by atoms with E-state index in [0.29, 0.717) is 0 Å². The standard InChI is InChI=1S/C10H14N2S2/c1-8-5-9(7-14-8)6-12-10-11-3-2-4-13-10/h5,7H,2-4,6H2,1H3,(H,11,12). The largest absolute Gasteiger partial charge is 0.361 e. The molecular weight excluding hydrogens is 212 g/mol. The van der Waals surface area contributed by atoms with Crippen molar-refractivity contribution in [2.75, 3.05) is 12.3 Å². The number of thioether (sulfide) groups is 1. The molecule has 1 aliphatic heterocycles. The molecule has 0 amide bonds. The van der Waals surface area contributed by atoms with Gasteiger partial charge in [0.2, 0.25) is 0 Å². The average Bonchev–Trinajstić information content (AvgIpc) is 2.63. The number of hydrogen-bond donors (Lipinski definition) is 1. The van der Waals surface area contributed by atoms with Crippen molar-refractivity contribution in [3.05, 3.63) is 21.9 Å². The number of thiophene rings is 1. The number of nitrogens with zero attached hydrogens (tertiary/aromatic N) is 1. The SMILES string of the molecule is Cc1cc(CNC2=NCCCS2)cs1. The molecule has 1 aromatic rings. The zero-order valence-electron chi connectivity index (χ0n) is 8.25. The molecule has 1 N–H and O–H groups in total. The van der Waals surface area contributed by atoms with Crippen LogP contribution >= 0.6 is 23.1 Å². The Morgan fingerprint density at radius 2 is 2.50 bits per heavy atom. The van der Waals surface area contributed by atoms with E-state index in [0.717, 1.165) is 18.3 Å². The molecule has 0 aliphatic carbocycles. The van der Waals surface area contributed by atoms with Gasteiger partial charge in [-0.25, -0.2) is 0 Å². The summed E-state index contributed by atoms with van der Waals surface area (Å²) < 4.78 is 0. The predicted molar refractivity (Wildman–Crippen MR) is 65.3 cm³/mol. The minimum absolute atomic E-state index is 0.913. The van der Waals surface area contributed by atoms with Gasteiger partial charge in [0.05, 0.1) is 0 Å². The summed E-state index contributed by atoms with van der Waals surface area (Å²) in [4.78, 5) is 5.80. The van der Waals surface area contributed by atoms with E-state index in [1.807, 2.05) is 11.8 Å². The van der Waals surface area contributed by atoms with Crippen LogP contribution in [0.5, 0.6) is 0 Å². The van der Waals surface area contributed by atoms with Gasteiger partial charge in [-0.3, -0.25) is 4.99 Å². The van der Waals surface area contributed by atoms with Crippen molar-refractivity contribution in [3.63, 3.8) is 0 Å². The minimum atomic E-state index is 0.913. The van der Waals surface area contributed by atoms with Gasteiger partial charge in [0.25, 0.3) is 0 Å². The molecule has 1 aliphatic rings. The van der Waals surface area contributed by atoms with Crippen molar-refractivity contribution in [2.45, 2.75) is 19.9 Å². The molecule has 0 unspecified atom stereocenters. The van der Waals surface area contributed by atoms with Crippen LogP contribution in [0.2, 0.25) is 0 Å². The maximum atomic E-state index is 4.42. The van der Waals surface area contributed by atoms with Crippen molar-refractivity contribution in [1.82, 2.24) is 5.32 Å². The first-order valence-electron chi connectivity index (χ1n) is 4.80. The van der Waals surface area contributed by atoms with Crippen LogP contribution in [-0.2, 0) is 6.54 Å². The highest BCUT2D eigenvalue weighted by molar-refractivity contribution is 8.13. The zero-order chi connectivity index (χ0) is 9.80. The number of amidine groups is 1. The van der Waals surface area contributed by atoms with Crippen molar-refractivity contribution >= 4 is 28.3 Å². The molecule has 0 fully saturated rings. The van der Waals surface area contributed by atoms with Gasteiger partial charge in [-0.2, -0.15) is 0 Å². The molecule has 76 valence electrons. The van der Waals surface area contributed by atoms with Crippen LogP contribution in [0.15, 0.2) is 16.4 Å². The first-order chi connectivity index (χ1) is 6.84. The number of rotatable bonds is 2. The Bertz CT molecular complexity index is 331. The number of aryl methyl sites for hydroxylation is 1. The normalized spacial score (nSPS) is 16.5. The van der Waals surface area contributed by atoms with Crippen LogP contribution in [0.25, 0.3) is 0 Å². The van der Waals surface area contributed by atoms with E-state index < -0.39 is 0 Å². The molecule has 4 heteroatoms. The average molecular weight is 226 g/mol. The summed E-state index contributed by atoms with van der Waals surface area (Å²) in [5.74, 6) is 1.20. The summed E-state index contributed by atoms with van der Waals surface area (Å²) in [5.41, 5.74) is 1.36. The Morgan fingerprint density at radius 1 is 1.57 bits per heavy atom. The summed E-state index contributed by atoms with van der Waals surface area (Å²) in [6.45, 7) is 4.04. The number of hydrogen-bond acceptors (Lipinski definition) is 4. The Hall–Kier alpha value is -0.480. The monoisotopic (exact) mass is 226 g/mol. The lowest BCUT2D eigenvalue weighted by Crippen LogP contribution is -2.22. The van der Waals surface area contributed by atoms with Gasteiger partial charge in [-0.05, 0) is 30.4 Å². The van der Waals surface area contributed by atoms with E-state index in [2.05, 4.69) is 28.7 Å². The molecule has 2 heterocycles. The molecule has 0 aromatic carbocycles. The summed E-state index contributed by atoms with van der Waals surface area (Å²) in [5, 5.41) is 6.69. The summed E-state index contributed by atoms with van der Waals surface area (Å²) in [6, 6.07) is 2.23. The van der Waals surface area contributed by atoms with Crippen LogP contribution in [-0.4, -0.2) is 17.5 Å². The van der Waals surface area contributed by atoms with Crippen LogP contribution in [0, 0.1) is 6.92 Å². The second kappa shape index (κ2) is 4.84. The molecular formula is C10H14N2S2. The van der Waals surface area contributed by atoms with Gasteiger partial charge in [0, 0.05) is 23.7 Å². The zero-order valence-corrected chi connectivity index (χ0v) is 9.88. The molecule has 2 rings (SSSR count). The van der Waals surface area contributed by atoms with E-state index in [1.54, 1.807) is 11.3 Å². The second-order valence-electron chi connectivity index (χ2n) is 3.31. The lowest BCUT2D eigenvalue weighted by atomic mass is 10.3. The highest BCUT2D eigenvalue weighted by atomic mass is 32.2. The third kappa shape index (κ3) is 2.75. The molecule has 14 heavy (non-hydrogen) atoms. The Morgan fingerprint density at radius 3 is 3.14 bits per heavy atom. The molecule has 0 atom stereocenters. The fourth-order valence-corrected chi connectivity index (χ4v) is 2.87. The summed E-state index contributed by atoms with van der Waals surface area (Å²) in [6.07, 6.45) is 1.22. The maximum absolute atomic E-state index is 4.42.